The van der Waals surface area contributed by atoms with E-state index in [-0.39, 0.29) is 17.8 Å². The number of hydrogen-bond donors (Lipinski definition) is 0. The van der Waals surface area contributed by atoms with E-state index in [1.807, 2.05) is 24.3 Å². The Morgan fingerprint density at radius 1 is 1.00 bits per heavy atom. The zero-order valence-electron chi connectivity index (χ0n) is 12.6. The highest BCUT2D eigenvalue weighted by molar-refractivity contribution is 5.79. The summed E-state index contributed by atoms with van der Waals surface area (Å²) in [5, 5.41) is 3.99. The second kappa shape index (κ2) is 5.14. The molecule has 0 fully saturated rings. The van der Waals surface area contributed by atoms with Gasteiger partial charge in [-0.15, -0.1) is 0 Å². The molecule has 114 valence electrons. The average Bonchev–Trinajstić information content (AvgIpc) is 2.61. The van der Waals surface area contributed by atoms with Crippen LogP contribution in [0.15, 0.2) is 53.6 Å². The highest BCUT2D eigenvalue weighted by Gasteiger charge is 2.52. The standard InChI is InChI=1S/C18H15N3O2/c1-23-18(22)16-14-10-6-2-4-8-12(10)15(17(16)20-21-19)13-9-5-3-7-11(13)14/h2-9,14-17H,1H3. The highest BCUT2D eigenvalue weighted by atomic mass is 16.5. The maximum atomic E-state index is 12.5. The molecule has 2 atom stereocenters. The fraction of sp³-hybridized carbons (Fsp3) is 0.278. The third-order valence-corrected chi connectivity index (χ3v) is 5.06. The maximum Gasteiger partial charge on any atom is 0.310 e. The van der Waals surface area contributed by atoms with Crippen molar-refractivity contribution in [2.24, 2.45) is 11.0 Å². The van der Waals surface area contributed by atoms with Crippen molar-refractivity contribution < 1.29 is 9.53 Å². The second-order valence-electron chi connectivity index (χ2n) is 5.96. The minimum atomic E-state index is -0.481. The third-order valence-electron chi connectivity index (χ3n) is 5.06. The molecule has 5 nitrogen and oxygen atoms in total. The molecule has 2 aromatic carbocycles. The van der Waals surface area contributed by atoms with Crippen molar-refractivity contribution in [3.63, 3.8) is 0 Å². The average molecular weight is 305 g/mol. The number of benzene rings is 2. The number of methoxy groups -OCH3 is 1. The lowest BCUT2D eigenvalue weighted by Gasteiger charge is -2.47. The Hall–Kier alpha value is -2.78. The Bertz CT molecular complexity index is 794. The zero-order chi connectivity index (χ0) is 16.0. The summed E-state index contributed by atoms with van der Waals surface area (Å²) in [5.41, 5.74) is 13.6. The SMILES string of the molecule is COC(=O)C1C2c3ccccc3C(c3ccccc32)C1N=[N+]=[N-]. The normalized spacial score (nSPS) is 26.7. The summed E-state index contributed by atoms with van der Waals surface area (Å²) in [7, 11) is 1.38. The summed E-state index contributed by atoms with van der Waals surface area (Å²) in [6, 6.07) is 15.7. The fourth-order valence-corrected chi connectivity index (χ4v) is 4.26. The van der Waals surface area contributed by atoms with Crippen LogP contribution in [0, 0.1) is 5.92 Å². The van der Waals surface area contributed by atoms with Gasteiger partial charge in [0.1, 0.15) is 0 Å². The molecule has 2 bridgehead atoms. The van der Waals surface area contributed by atoms with Crippen LogP contribution >= 0.6 is 0 Å². The van der Waals surface area contributed by atoms with Gasteiger partial charge in [-0.25, -0.2) is 0 Å². The van der Waals surface area contributed by atoms with Crippen LogP contribution in [0.5, 0.6) is 0 Å². The molecule has 2 aromatic rings. The van der Waals surface area contributed by atoms with Gasteiger partial charge in [-0.2, -0.15) is 0 Å². The lowest BCUT2D eigenvalue weighted by atomic mass is 9.57. The topological polar surface area (TPSA) is 75.1 Å². The number of nitrogens with zero attached hydrogens (tertiary/aromatic N) is 3. The van der Waals surface area contributed by atoms with Crippen LogP contribution in [-0.2, 0) is 9.53 Å². The van der Waals surface area contributed by atoms with Gasteiger partial charge in [0.15, 0.2) is 0 Å². The van der Waals surface area contributed by atoms with E-state index < -0.39 is 12.0 Å². The van der Waals surface area contributed by atoms with E-state index in [9.17, 15) is 4.79 Å². The first-order valence-electron chi connectivity index (χ1n) is 7.57. The summed E-state index contributed by atoms with van der Waals surface area (Å²) in [6.45, 7) is 0. The molecule has 3 aliphatic carbocycles. The van der Waals surface area contributed by atoms with Gasteiger partial charge in [-0.05, 0) is 27.8 Å². The van der Waals surface area contributed by atoms with Crippen LogP contribution < -0.4 is 0 Å². The first kappa shape index (κ1) is 13.9. The number of carbonyl (C=O) groups excluding carboxylic acids is 1. The van der Waals surface area contributed by atoms with Crippen molar-refractivity contribution >= 4 is 5.97 Å². The van der Waals surface area contributed by atoms with Gasteiger partial charge >= 0.3 is 5.97 Å². The fourth-order valence-electron chi connectivity index (χ4n) is 4.26. The van der Waals surface area contributed by atoms with Gasteiger partial charge in [-0.1, -0.05) is 53.6 Å². The molecular formula is C18H15N3O2. The van der Waals surface area contributed by atoms with Crippen molar-refractivity contribution in [1.29, 1.82) is 0 Å². The molecule has 5 heteroatoms. The van der Waals surface area contributed by atoms with Crippen molar-refractivity contribution in [3.05, 3.63) is 81.2 Å². The number of azide groups is 1. The first-order valence-corrected chi connectivity index (χ1v) is 7.57. The molecular weight excluding hydrogens is 290 g/mol. The van der Waals surface area contributed by atoms with Crippen molar-refractivity contribution in [1.82, 2.24) is 0 Å². The second-order valence-corrected chi connectivity index (χ2v) is 5.96. The smallest absolute Gasteiger partial charge is 0.310 e. The van der Waals surface area contributed by atoms with Crippen LogP contribution in [-0.4, -0.2) is 19.1 Å². The van der Waals surface area contributed by atoms with E-state index in [0.717, 1.165) is 22.3 Å². The van der Waals surface area contributed by atoms with Crippen LogP contribution in [0.25, 0.3) is 10.4 Å². The van der Waals surface area contributed by atoms with Crippen LogP contribution in [0.1, 0.15) is 34.1 Å². The van der Waals surface area contributed by atoms with E-state index in [2.05, 4.69) is 34.3 Å². The van der Waals surface area contributed by atoms with Crippen LogP contribution in [0.2, 0.25) is 0 Å². The number of rotatable bonds is 2. The minimum absolute atomic E-state index is 0.104. The zero-order valence-corrected chi connectivity index (χ0v) is 12.6. The summed E-state index contributed by atoms with van der Waals surface area (Å²) in [6.07, 6.45) is 0. The molecule has 0 saturated heterocycles. The Kier molecular flexibility index (Phi) is 3.10. The molecule has 23 heavy (non-hydrogen) atoms. The Labute approximate surface area is 133 Å². The summed E-state index contributed by atoms with van der Waals surface area (Å²) >= 11 is 0. The third kappa shape index (κ3) is 1.80. The predicted molar refractivity (Wildman–Crippen MR) is 85.0 cm³/mol. The number of esters is 1. The molecule has 0 N–H and O–H groups in total. The van der Waals surface area contributed by atoms with Crippen LogP contribution in [0.3, 0.4) is 0 Å². The number of hydrogen-bond acceptors (Lipinski definition) is 3. The van der Waals surface area contributed by atoms with Gasteiger partial charge in [0, 0.05) is 16.7 Å². The molecule has 5 rings (SSSR count). The van der Waals surface area contributed by atoms with Crippen molar-refractivity contribution in [3.8, 4) is 0 Å². The van der Waals surface area contributed by atoms with Crippen molar-refractivity contribution in [2.45, 2.75) is 17.9 Å². The molecule has 0 radical (unpaired) electrons. The predicted octanol–water partition coefficient (Wildman–Crippen LogP) is 3.75. The monoisotopic (exact) mass is 305 g/mol. The Morgan fingerprint density at radius 2 is 1.48 bits per heavy atom. The van der Waals surface area contributed by atoms with Crippen molar-refractivity contribution in [2.75, 3.05) is 7.11 Å². The lowest BCUT2D eigenvalue weighted by molar-refractivity contribution is -0.147. The summed E-state index contributed by atoms with van der Waals surface area (Å²) in [5.74, 6) is -1.03. The maximum absolute atomic E-state index is 12.5. The van der Waals surface area contributed by atoms with E-state index in [0.29, 0.717) is 0 Å². The Balaban J connectivity index is 2.03. The molecule has 0 aliphatic heterocycles. The van der Waals surface area contributed by atoms with E-state index >= 15 is 0 Å². The molecule has 0 heterocycles. The summed E-state index contributed by atoms with van der Waals surface area (Å²) in [4.78, 5) is 15.5. The molecule has 3 aliphatic rings. The van der Waals surface area contributed by atoms with Gasteiger partial charge in [0.2, 0.25) is 0 Å². The van der Waals surface area contributed by atoms with E-state index in [1.165, 1.54) is 7.11 Å². The van der Waals surface area contributed by atoms with E-state index in [1.54, 1.807) is 0 Å². The largest absolute Gasteiger partial charge is 0.469 e. The number of ether oxygens (including phenoxy) is 1. The quantitative estimate of drug-likeness (QED) is 0.367. The highest BCUT2D eigenvalue weighted by Crippen LogP contribution is 2.56. The van der Waals surface area contributed by atoms with Gasteiger partial charge < -0.3 is 4.74 Å². The van der Waals surface area contributed by atoms with Gasteiger partial charge in [0.25, 0.3) is 0 Å². The number of carbonyl (C=O) groups is 1. The van der Waals surface area contributed by atoms with E-state index in [4.69, 9.17) is 10.3 Å². The summed E-state index contributed by atoms with van der Waals surface area (Å²) < 4.78 is 5.03. The molecule has 2 unspecified atom stereocenters. The minimum Gasteiger partial charge on any atom is -0.469 e. The van der Waals surface area contributed by atoms with Crippen LogP contribution in [0.4, 0.5) is 0 Å². The molecule has 0 amide bonds. The molecule has 0 saturated carbocycles. The molecule has 0 aromatic heterocycles. The Morgan fingerprint density at radius 3 is 1.91 bits per heavy atom. The van der Waals surface area contributed by atoms with Gasteiger partial charge in [-0.3, -0.25) is 4.79 Å². The first-order chi connectivity index (χ1) is 11.3. The lowest BCUT2D eigenvalue weighted by Crippen LogP contribution is -2.46. The molecule has 0 spiro atoms. The number of fused-ring (bicyclic) bond motifs is 1. The van der Waals surface area contributed by atoms with Gasteiger partial charge in [0.05, 0.1) is 19.1 Å².